The van der Waals surface area contributed by atoms with Crippen LogP contribution in [0.2, 0.25) is 0 Å². The van der Waals surface area contributed by atoms with E-state index in [9.17, 15) is 4.79 Å². The fourth-order valence-electron chi connectivity index (χ4n) is 0.595. The van der Waals surface area contributed by atoms with Crippen LogP contribution >= 0.6 is 11.8 Å². The molecule has 0 fully saturated rings. The third-order valence-electron chi connectivity index (χ3n) is 0.977. The zero-order valence-electron chi connectivity index (χ0n) is 5.28. The van der Waals surface area contributed by atoms with E-state index in [1.165, 1.54) is 6.08 Å². The van der Waals surface area contributed by atoms with Crippen LogP contribution in [-0.4, -0.2) is 28.4 Å². The fraction of sp³-hybridized carbons (Fsp3) is 0.333. The van der Waals surface area contributed by atoms with E-state index in [1.54, 1.807) is 11.8 Å². The predicted octanol–water partition coefficient (Wildman–Crippen LogP) is 0.772. The molecule has 1 heterocycles. The number of carboxylic acids is 1. The Balaban J connectivity index is 2.44. The standard InChI is InChI=1S/C6H7NO2S/c8-6(9)2-1-5-7-3-4-10-5/h1-2H,3-4H2,(H,8,9). The topological polar surface area (TPSA) is 49.7 Å². The van der Waals surface area contributed by atoms with E-state index in [1.807, 2.05) is 0 Å². The highest BCUT2D eigenvalue weighted by atomic mass is 32.2. The maximum absolute atomic E-state index is 10.0. The number of thioether (sulfide) groups is 1. The molecule has 0 aliphatic carbocycles. The van der Waals surface area contributed by atoms with Crippen molar-refractivity contribution in [2.24, 2.45) is 4.99 Å². The third-order valence-corrected chi connectivity index (χ3v) is 1.93. The molecule has 0 atom stereocenters. The summed E-state index contributed by atoms with van der Waals surface area (Å²) in [6.45, 7) is 0.809. The first-order valence-electron chi connectivity index (χ1n) is 2.87. The molecule has 0 aromatic rings. The second kappa shape index (κ2) is 3.41. The lowest BCUT2D eigenvalue weighted by Crippen LogP contribution is -1.88. The highest BCUT2D eigenvalue weighted by Gasteiger charge is 2.02. The quantitative estimate of drug-likeness (QED) is 0.602. The summed E-state index contributed by atoms with van der Waals surface area (Å²) in [5.41, 5.74) is 0. The van der Waals surface area contributed by atoms with Crippen LogP contribution in [0.3, 0.4) is 0 Å². The van der Waals surface area contributed by atoms with Gasteiger partial charge in [-0.3, -0.25) is 4.99 Å². The molecule has 4 heteroatoms. The largest absolute Gasteiger partial charge is 0.478 e. The Morgan fingerprint density at radius 3 is 3.10 bits per heavy atom. The molecule has 1 aliphatic heterocycles. The molecule has 0 radical (unpaired) electrons. The Bertz CT molecular complexity index is 198. The van der Waals surface area contributed by atoms with E-state index in [-0.39, 0.29) is 0 Å². The summed E-state index contributed by atoms with van der Waals surface area (Å²) >= 11 is 1.58. The number of rotatable bonds is 2. The number of aliphatic imine (C=N–C) groups is 1. The van der Waals surface area contributed by atoms with Crippen molar-refractivity contribution in [2.45, 2.75) is 0 Å². The summed E-state index contributed by atoms with van der Waals surface area (Å²) < 4.78 is 0. The van der Waals surface area contributed by atoms with Gasteiger partial charge in [-0.2, -0.15) is 0 Å². The van der Waals surface area contributed by atoms with Crippen molar-refractivity contribution in [1.29, 1.82) is 0 Å². The molecular weight excluding hydrogens is 150 g/mol. The number of nitrogens with zero attached hydrogens (tertiary/aromatic N) is 1. The maximum Gasteiger partial charge on any atom is 0.328 e. The van der Waals surface area contributed by atoms with Gasteiger partial charge in [0.2, 0.25) is 0 Å². The van der Waals surface area contributed by atoms with Gasteiger partial charge in [0.15, 0.2) is 0 Å². The monoisotopic (exact) mass is 157 g/mol. The average Bonchev–Trinajstić information content (AvgIpc) is 2.34. The number of carbonyl (C=O) groups is 1. The predicted molar refractivity (Wildman–Crippen MR) is 41.5 cm³/mol. The van der Waals surface area contributed by atoms with Gasteiger partial charge in [-0.15, -0.1) is 11.8 Å². The van der Waals surface area contributed by atoms with Gasteiger partial charge in [0.1, 0.15) is 0 Å². The van der Waals surface area contributed by atoms with Gasteiger partial charge >= 0.3 is 5.97 Å². The minimum atomic E-state index is -0.921. The van der Waals surface area contributed by atoms with Gasteiger partial charge < -0.3 is 5.11 Å². The smallest absolute Gasteiger partial charge is 0.328 e. The van der Waals surface area contributed by atoms with Crippen molar-refractivity contribution in [2.75, 3.05) is 12.3 Å². The van der Waals surface area contributed by atoms with Gasteiger partial charge in [0.05, 0.1) is 5.04 Å². The molecule has 0 amide bonds. The summed E-state index contributed by atoms with van der Waals surface area (Å²) in [7, 11) is 0. The molecule has 0 aromatic heterocycles. The van der Waals surface area contributed by atoms with Crippen LogP contribution in [0, 0.1) is 0 Å². The van der Waals surface area contributed by atoms with Crippen molar-refractivity contribution in [3.05, 3.63) is 12.2 Å². The fourth-order valence-corrected chi connectivity index (χ4v) is 1.33. The van der Waals surface area contributed by atoms with Crippen LogP contribution in [-0.2, 0) is 4.79 Å². The van der Waals surface area contributed by atoms with Gasteiger partial charge in [0, 0.05) is 18.4 Å². The zero-order chi connectivity index (χ0) is 7.40. The Kier molecular flexibility index (Phi) is 2.50. The lowest BCUT2D eigenvalue weighted by atomic mass is 10.5. The molecule has 54 valence electrons. The van der Waals surface area contributed by atoms with Crippen molar-refractivity contribution in [1.82, 2.24) is 0 Å². The van der Waals surface area contributed by atoms with E-state index < -0.39 is 5.97 Å². The highest BCUT2D eigenvalue weighted by molar-refractivity contribution is 8.14. The first kappa shape index (κ1) is 7.34. The van der Waals surface area contributed by atoms with Crippen molar-refractivity contribution in [3.63, 3.8) is 0 Å². The molecule has 1 N–H and O–H groups in total. The Morgan fingerprint density at radius 1 is 1.80 bits per heavy atom. The summed E-state index contributed by atoms with van der Waals surface area (Å²) in [5, 5.41) is 9.04. The second-order valence-electron chi connectivity index (χ2n) is 1.74. The molecule has 3 nitrogen and oxygen atoms in total. The number of hydrogen-bond donors (Lipinski definition) is 1. The minimum Gasteiger partial charge on any atom is -0.478 e. The lowest BCUT2D eigenvalue weighted by molar-refractivity contribution is -0.131. The highest BCUT2D eigenvalue weighted by Crippen LogP contribution is 2.11. The number of aliphatic carboxylic acids is 1. The molecular formula is C6H7NO2S. The molecule has 0 bridgehead atoms. The molecule has 0 saturated heterocycles. The Hall–Kier alpha value is -0.770. The molecule has 1 rings (SSSR count). The van der Waals surface area contributed by atoms with Crippen molar-refractivity contribution in [3.8, 4) is 0 Å². The SMILES string of the molecule is O=C(O)C=CC1=NCCS1. The second-order valence-corrected chi connectivity index (χ2v) is 2.86. The van der Waals surface area contributed by atoms with E-state index in [0.29, 0.717) is 0 Å². The summed E-state index contributed by atoms with van der Waals surface area (Å²) in [6.07, 6.45) is 2.64. The van der Waals surface area contributed by atoms with E-state index in [0.717, 1.165) is 23.4 Å². The number of carboxylic acid groups (broad SMARTS) is 1. The van der Waals surface area contributed by atoms with E-state index in [2.05, 4.69) is 4.99 Å². The third kappa shape index (κ3) is 2.23. The Labute approximate surface area is 62.8 Å². The van der Waals surface area contributed by atoms with Gasteiger partial charge in [0.25, 0.3) is 0 Å². The van der Waals surface area contributed by atoms with Crippen LogP contribution in [0.25, 0.3) is 0 Å². The van der Waals surface area contributed by atoms with Crippen LogP contribution in [0.4, 0.5) is 0 Å². The van der Waals surface area contributed by atoms with Crippen LogP contribution in [0.15, 0.2) is 17.1 Å². The van der Waals surface area contributed by atoms with Crippen LogP contribution in [0.5, 0.6) is 0 Å². The van der Waals surface area contributed by atoms with Crippen LogP contribution < -0.4 is 0 Å². The summed E-state index contributed by atoms with van der Waals surface area (Å²) in [4.78, 5) is 14.0. The van der Waals surface area contributed by atoms with Crippen molar-refractivity contribution < 1.29 is 9.90 Å². The molecule has 1 aliphatic rings. The molecule has 10 heavy (non-hydrogen) atoms. The molecule has 0 saturated carbocycles. The number of hydrogen-bond acceptors (Lipinski definition) is 3. The average molecular weight is 157 g/mol. The maximum atomic E-state index is 10.0. The first-order valence-corrected chi connectivity index (χ1v) is 3.86. The van der Waals surface area contributed by atoms with Gasteiger partial charge in [-0.05, 0) is 6.08 Å². The molecule has 0 aromatic carbocycles. The first-order chi connectivity index (χ1) is 4.79. The summed E-state index contributed by atoms with van der Waals surface area (Å²) in [5.74, 6) is 0.0504. The van der Waals surface area contributed by atoms with Gasteiger partial charge in [-0.1, -0.05) is 0 Å². The minimum absolute atomic E-state index is 0.809. The van der Waals surface area contributed by atoms with E-state index >= 15 is 0 Å². The summed E-state index contributed by atoms with van der Waals surface area (Å²) in [6, 6.07) is 0. The zero-order valence-corrected chi connectivity index (χ0v) is 6.10. The van der Waals surface area contributed by atoms with Crippen molar-refractivity contribution >= 4 is 22.8 Å². The molecule has 0 unspecified atom stereocenters. The van der Waals surface area contributed by atoms with Gasteiger partial charge in [-0.25, -0.2) is 4.79 Å². The van der Waals surface area contributed by atoms with Crippen LogP contribution in [0.1, 0.15) is 0 Å². The normalized spacial score (nSPS) is 17.8. The Morgan fingerprint density at radius 2 is 2.60 bits per heavy atom. The lowest BCUT2D eigenvalue weighted by Gasteiger charge is -1.84. The van der Waals surface area contributed by atoms with E-state index in [4.69, 9.17) is 5.11 Å². The molecule has 0 spiro atoms.